The second-order valence-electron chi connectivity index (χ2n) is 6.49. The Balaban J connectivity index is 1.45. The average Bonchev–Trinajstić information content (AvgIpc) is 3.27. The lowest BCUT2D eigenvalue weighted by atomic mass is 10.3. The van der Waals surface area contributed by atoms with Crippen molar-refractivity contribution in [1.82, 2.24) is 9.97 Å². The largest absolute Gasteiger partial charge is 0.325 e. The summed E-state index contributed by atoms with van der Waals surface area (Å²) >= 11 is 2.83. The minimum atomic E-state index is -3.76. The minimum absolute atomic E-state index is 0.0973. The van der Waals surface area contributed by atoms with E-state index >= 15 is 0 Å². The van der Waals surface area contributed by atoms with Gasteiger partial charge in [-0.15, -0.1) is 11.3 Å². The Kier molecular flexibility index (Phi) is 6.21. The van der Waals surface area contributed by atoms with Gasteiger partial charge in [0.2, 0.25) is 5.91 Å². The van der Waals surface area contributed by atoms with E-state index in [9.17, 15) is 13.2 Å². The van der Waals surface area contributed by atoms with Crippen LogP contribution in [0, 0.1) is 0 Å². The van der Waals surface area contributed by atoms with Crippen molar-refractivity contribution in [3.63, 3.8) is 0 Å². The molecule has 0 radical (unpaired) electrons. The number of rotatable bonds is 7. The molecule has 0 spiro atoms. The fourth-order valence-electron chi connectivity index (χ4n) is 2.88. The number of amides is 1. The number of benzene rings is 2. The Morgan fingerprint density at radius 1 is 1.10 bits per heavy atom. The summed E-state index contributed by atoms with van der Waals surface area (Å²) in [6.45, 7) is 0. The Bertz CT molecular complexity index is 1320. The van der Waals surface area contributed by atoms with E-state index in [1.165, 1.54) is 52.9 Å². The summed E-state index contributed by atoms with van der Waals surface area (Å²) in [7, 11) is -2.26. The Hall–Kier alpha value is -2.95. The van der Waals surface area contributed by atoms with Crippen LogP contribution >= 0.6 is 23.1 Å². The number of fused-ring (bicyclic) bond motifs is 1. The number of para-hydroxylation sites is 1. The molecule has 2 aromatic carbocycles. The number of carbonyl (C=O) groups is 1. The van der Waals surface area contributed by atoms with Crippen LogP contribution in [0.1, 0.15) is 0 Å². The zero-order chi connectivity index (χ0) is 21.8. The molecule has 0 aliphatic rings. The summed E-state index contributed by atoms with van der Waals surface area (Å²) in [6, 6.07) is 17.0. The number of anilines is 2. The molecule has 0 bridgehead atoms. The third-order valence-electron chi connectivity index (χ3n) is 4.46. The third kappa shape index (κ3) is 4.71. The van der Waals surface area contributed by atoms with Gasteiger partial charge in [-0.3, -0.25) is 9.10 Å². The lowest BCUT2D eigenvalue weighted by Gasteiger charge is -2.19. The number of hydrogen-bond acceptors (Lipinski definition) is 7. The molecule has 0 aliphatic carbocycles. The van der Waals surface area contributed by atoms with Gasteiger partial charge < -0.3 is 5.32 Å². The second-order valence-corrected chi connectivity index (χ2v) is 10.3. The summed E-state index contributed by atoms with van der Waals surface area (Å²) in [5.74, 6) is -0.110. The molecular weight excluding hydrogens is 452 g/mol. The highest BCUT2D eigenvalue weighted by Gasteiger charge is 2.21. The van der Waals surface area contributed by atoms with Crippen LogP contribution in [-0.2, 0) is 14.8 Å². The van der Waals surface area contributed by atoms with E-state index < -0.39 is 10.0 Å². The summed E-state index contributed by atoms with van der Waals surface area (Å²) in [5.41, 5.74) is 0.967. The van der Waals surface area contributed by atoms with Gasteiger partial charge in [-0.05, 0) is 41.8 Å². The summed E-state index contributed by atoms with van der Waals surface area (Å²) in [6.07, 6.45) is 1.48. The molecule has 0 aliphatic heterocycles. The maximum atomic E-state index is 13.0. The highest BCUT2D eigenvalue weighted by atomic mass is 32.2. The standard InChI is InChI=1S/C21H18N4O3S3/c1-25(16-7-3-2-4-8-16)31(27,28)17-9-5-6-15(12-17)24-19(26)13-30-21-18-10-11-29-20(18)22-14-23-21/h2-12,14H,13H2,1H3,(H,24,26). The first-order valence-corrected chi connectivity index (χ1v) is 12.5. The van der Waals surface area contributed by atoms with Crippen molar-refractivity contribution in [2.24, 2.45) is 0 Å². The Morgan fingerprint density at radius 3 is 2.71 bits per heavy atom. The van der Waals surface area contributed by atoms with E-state index in [0.29, 0.717) is 11.4 Å². The summed E-state index contributed by atoms with van der Waals surface area (Å²) < 4.78 is 27.2. The molecule has 0 saturated heterocycles. The van der Waals surface area contributed by atoms with Crippen LogP contribution in [0.5, 0.6) is 0 Å². The van der Waals surface area contributed by atoms with Gasteiger partial charge >= 0.3 is 0 Å². The average molecular weight is 471 g/mol. The van der Waals surface area contributed by atoms with Crippen LogP contribution in [0.4, 0.5) is 11.4 Å². The fraction of sp³-hybridized carbons (Fsp3) is 0.0952. The van der Waals surface area contributed by atoms with Gasteiger partial charge in [-0.25, -0.2) is 18.4 Å². The van der Waals surface area contributed by atoms with Gasteiger partial charge in [-0.1, -0.05) is 36.0 Å². The fourth-order valence-corrected chi connectivity index (χ4v) is 5.70. The summed E-state index contributed by atoms with van der Waals surface area (Å²) in [5, 5.41) is 6.35. The monoisotopic (exact) mass is 470 g/mol. The van der Waals surface area contributed by atoms with Crippen LogP contribution < -0.4 is 9.62 Å². The maximum Gasteiger partial charge on any atom is 0.264 e. The first-order chi connectivity index (χ1) is 14.9. The van der Waals surface area contributed by atoms with Crippen molar-refractivity contribution < 1.29 is 13.2 Å². The molecule has 158 valence electrons. The molecule has 0 fully saturated rings. The lowest BCUT2D eigenvalue weighted by Crippen LogP contribution is -2.26. The van der Waals surface area contributed by atoms with Crippen molar-refractivity contribution in [3.8, 4) is 0 Å². The highest BCUT2D eigenvalue weighted by Crippen LogP contribution is 2.28. The number of thiophene rings is 1. The minimum Gasteiger partial charge on any atom is -0.325 e. The number of sulfonamides is 1. The number of nitrogens with one attached hydrogen (secondary N) is 1. The van der Waals surface area contributed by atoms with Crippen LogP contribution in [-0.4, -0.2) is 37.1 Å². The molecule has 7 nitrogen and oxygen atoms in total. The Labute approximate surface area is 188 Å². The zero-order valence-electron chi connectivity index (χ0n) is 16.4. The number of aromatic nitrogens is 2. The van der Waals surface area contributed by atoms with Gasteiger partial charge in [0.05, 0.1) is 16.3 Å². The molecule has 0 atom stereocenters. The first kappa shape index (κ1) is 21.3. The number of carbonyl (C=O) groups excluding carboxylic acids is 1. The van der Waals surface area contributed by atoms with Crippen molar-refractivity contribution in [1.29, 1.82) is 0 Å². The number of thioether (sulfide) groups is 1. The van der Waals surface area contributed by atoms with Crippen LogP contribution in [0.15, 0.2) is 82.3 Å². The van der Waals surface area contributed by atoms with Gasteiger partial charge in [-0.2, -0.15) is 0 Å². The van der Waals surface area contributed by atoms with E-state index in [-0.39, 0.29) is 16.6 Å². The van der Waals surface area contributed by atoms with Crippen molar-refractivity contribution >= 4 is 60.6 Å². The molecule has 31 heavy (non-hydrogen) atoms. The van der Waals surface area contributed by atoms with Crippen molar-refractivity contribution in [2.45, 2.75) is 9.92 Å². The molecule has 0 unspecified atom stereocenters. The molecule has 4 rings (SSSR count). The molecule has 1 amide bonds. The molecule has 1 N–H and O–H groups in total. The normalized spacial score (nSPS) is 11.4. The van der Waals surface area contributed by atoms with Crippen LogP contribution in [0.25, 0.3) is 10.2 Å². The number of nitrogens with zero attached hydrogens (tertiary/aromatic N) is 3. The first-order valence-electron chi connectivity index (χ1n) is 9.20. The lowest BCUT2D eigenvalue weighted by molar-refractivity contribution is -0.113. The van der Waals surface area contributed by atoms with Crippen LogP contribution in [0.3, 0.4) is 0 Å². The van der Waals surface area contributed by atoms with Gasteiger partial charge in [0.25, 0.3) is 10.0 Å². The van der Waals surface area contributed by atoms with E-state index in [4.69, 9.17) is 0 Å². The molecule has 2 aromatic heterocycles. The quantitative estimate of drug-likeness (QED) is 0.321. The zero-order valence-corrected chi connectivity index (χ0v) is 18.9. The van der Waals surface area contributed by atoms with Gasteiger partial charge in [0, 0.05) is 18.1 Å². The Morgan fingerprint density at radius 2 is 1.90 bits per heavy atom. The van der Waals surface area contributed by atoms with Gasteiger partial charge in [0.1, 0.15) is 16.2 Å². The molecule has 10 heteroatoms. The summed E-state index contributed by atoms with van der Waals surface area (Å²) in [4.78, 5) is 21.9. The van der Waals surface area contributed by atoms with Crippen LogP contribution in [0.2, 0.25) is 0 Å². The molecular formula is C21H18N4O3S3. The maximum absolute atomic E-state index is 13.0. The topological polar surface area (TPSA) is 92.3 Å². The van der Waals surface area contributed by atoms with E-state index in [2.05, 4.69) is 15.3 Å². The van der Waals surface area contributed by atoms with E-state index in [0.717, 1.165) is 15.2 Å². The van der Waals surface area contributed by atoms with Gasteiger partial charge in [0.15, 0.2) is 0 Å². The third-order valence-corrected chi connectivity index (χ3v) is 8.07. The number of hydrogen-bond donors (Lipinski definition) is 1. The predicted octanol–water partition coefficient (Wildman–Crippen LogP) is 4.25. The van der Waals surface area contributed by atoms with Crippen molar-refractivity contribution in [2.75, 3.05) is 22.4 Å². The van der Waals surface area contributed by atoms with Crippen molar-refractivity contribution in [3.05, 3.63) is 72.4 Å². The predicted molar refractivity (Wildman–Crippen MR) is 125 cm³/mol. The second kappa shape index (κ2) is 9.04. The van der Waals surface area contributed by atoms with E-state index in [1.54, 1.807) is 36.4 Å². The highest BCUT2D eigenvalue weighted by molar-refractivity contribution is 8.00. The smallest absolute Gasteiger partial charge is 0.264 e. The molecule has 2 heterocycles. The molecule has 0 saturated carbocycles. The SMILES string of the molecule is CN(c1ccccc1)S(=O)(=O)c1cccc(NC(=O)CSc2ncnc3sccc23)c1. The van der Waals surface area contributed by atoms with E-state index in [1.807, 2.05) is 17.5 Å². The molecule has 4 aromatic rings.